The van der Waals surface area contributed by atoms with Crippen molar-refractivity contribution in [2.24, 2.45) is 5.92 Å². The lowest BCUT2D eigenvalue weighted by molar-refractivity contribution is 0.476. The van der Waals surface area contributed by atoms with E-state index in [-0.39, 0.29) is 0 Å². The molecule has 0 spiro atoms. The first-order chi connectivity index (χ1) is 8.66. The maximum absolute atomic E-state index is 3.99. The Kier molecular flexibility index (Phi) is 13.0. The van der Waals surface area contributed by atoms with Crippen molar-refractivity contribution >= 4 is 0 Å². The third kappa shape index (κ3) is 13.8. The summed E-state index contributed by atoms with van der Waals surface area (Å²) in [7, 11) is 0. The van der Waals surface area contributed by atoms with Crippen LogP contribution in [-0.4, -0.2) is 0 Å². The average Bonchev–Trinajstić information content (AvgIpc) is 2.30. The lowest BCUT2D eigenvalue weighted by atomic mass is 9.96. The monoisotopic (exact) mass is 252 g/mol. The normalized spacial score (nSPS) is 12.6. The van der Waals surface area contributed by atoms with Gasteiger partial charge in [-0.3, -0.25) is 0 Å². The third-order valence-electron chi connectivity index (χ3n) is 3.75. The molecule has 0 aliphatic rings. The zero-order chi connectivity index (χ0) is 13.6. The molecule has 1 unspecified atom stereocenters. The van der Waals surface area contributed by atoms with E-state index in [0.29, 0.717) is 0 Å². The van der Waals surface area contributed by atoms with Crippen LogP contribution < -0.4 is 0 Å². The molecule has 0 fully saturated rings. The van der Waals surface area contributed by atoms with Gasteiger partial charge in [-0.25, -0.2) is 0 Å². The Bertz CT molecular complexity index is 180. The maximum Gasteiger partial charge on any atom is -0.0300 e. The van der Waals surface area contributed by atoms with Gasteiger partial charge in [0.15, 0.2) is 0 Å². The first-order valence-electron chi connectivity index (χ1n) is 8.31. The Morgan fingerprint density at radius 3 is 1.72 bits per heavy atom. The lowest BCUT2D eigenvalue weighted by Gasteiger charge is -2.10. The Hall–Kier alpha value is -0.260. The minimum Gasteiger partial charge on any atom is -0.100 e. The molecule has 0 nitrogen and oxygen atoms in total. The van der Waals surface area contributed by atoms with E-state index in [1.54, 1.807) is 0 Å². The van der Waals surface area contributed by atoms with Gasteiger partial charge in [-0.05, 0) is 19.3 Å². The molecule has 108 valence electrons. The van der Waals surface area contributed by atoms with Crippen LogP contribution in [-0.2, 0) is 0 Å². The van der Waals surface area contributed by atoms with Crippen molar-refractivity contribution in [1.82, 2.24) is 0 Å². The summed E-state index contributed by atoms with van der Waals surface area (Å²) in [4.78, 5) is 0. The molecule has 0 rings (SSSR count). The number of hydrogen-bond donors (Lipinski definition) is 0. The molecule has 0 aromatic carbocycles. The van der Waals surface area contributed by atoms with Gasteiger partial charge < -0.3 is 0 Å². The van der Waals surface area contributed by atoms with Crippen LogP contribution in [0.15, 0.2) is 12.2 Å². The zero-order valence-electron chi connectivity index (χ0n) is 13.3. The van der Waals surface area contributed by atoms with Crippen molar-refractivity contribution in [1.29, 1.82) is 0 Å². The smallest absolute Gasteiger partial charge is 0.0300 e. The topological polar surface area (TPSA) is 0 Å². The average molecular weight is 252 g/mol. The van der Waals surface area contributed by atoms with Crippen molar-refractivity contribution in [3.8, 4) is 0 Å². The van der Waals surface area contributed by atoms with Gasteiger partial charge >= 0.3 is 0 Å². The van der Waals surface area contributed by atoms with Gasteiger partial charge in [-0.1, -0.05) is 90.0 Å². The molecule has 0 saturated heterocycles. The van der Waals surface area contributed by atoms with E-state index in [2.05, 4.69) is 27.4 Å². The number of rotatable bonds is 13. The first kappa shape index (κ1) is 17.7. The van der Waals surface area contributed by atoms with Crippen molar-refractivity contribution < 1.29 is 0 Å². The van der Waals surface area contributed by atoms with Crippen molar-refractivity contribution in [3.63, 3.8) is 0 Å². The summed E-state index contributed by atoms with van der Waals surface area (Å²) in [5, 5.41) is 0. The fraction of sp³-hybridized carbons (Fsp3) is 0.889. The second kappa shape index (κ2) is 13.2. The second-order valence-electron chi connectivity index (χ2n) is 6.24. The fourth-order valence-electron chi connectivity index (χ4n) is 2.68. The molecule has 0 saturated carbocycles. The van der Waals surface area contributed by atoms with Crippen LogP contribution >= 0.6 is 0 Å². The predicted molar refractivity (Wildman–Crippen MR) is 85.1 cm³/mol. The molecule has 0 aliphatic carbocycles. The molecular formula is C18H36. The van der Waals surface area contributed by atoms with Crippen molar-refractivity contribution in [3.05, 3.63) is 12.2 Å². The van der Waals surface area contributed by atoms with Crippen LogP contribution in [0.2, 0.25) is 0 Å². The molecule has 0 N–H and O–H groups in total. The standard InChI is InChI=1S/C18H36/c1-5-6-7-8-9-10-11-12-13-14-15-18(4)16-17(2)3/h18H,2,5-16H2,1,3-4H3. The minimum absolute atomic E-state index is 0.844. The molecule has 0 heteroatoms. The summed E-state index contributed by atoms with van der Waals surface area (Å²) in [6.45, 7) is 10.8. The predicted octanol–water partition coefficient (Wildman–Crippen LogP) is 6.90. The van der Waals surface area contributed by atoms with Crippen LogP contribution in [0.25, 0.3) is 0 Å². The largest absolute Gasteiger partial charge is 0.100 e. The van der Waals surface area contributed by atoms with E-state index in [0.717, 1.165) is 5.92 Å². The molecule has 0 bridgehead atoms. The Morgan fingerprint density at radius 2 is 1.28 bits per heavy atom. The van der Waals surface area contributed by atoms with Gasteiger partial charge in [0.2, 0.25) is 0 Å². The van der Waals surface area contributed by atoms with Crippen LogP contribution in [0.1, 0.15) is 97.8 Å². The Balaban J connectivity index is 3.09. The van der Waals surface area contributed by atoms with E-state index in [4.69, 9.17) is 0 Å². The van der Waals surface area contributed by atoms with Crippen LogP contribution in [0.4, 0.5) is 0 Å². The van der Waals surface area contributed by atoms with Crippen LogP contribution in [0.3, 0.4) is 0 Å². The maximum atomic E-state index is 3.99. The molecular weight excluding hydrogens is 216 g/mol. The van der Waals surface area contributed by atoms with E-state index in [1.165, 1.54) is 82.6 Å². The van der Waals surface area contributed by atoms with E-state index < -0.39 is 0 Å². The fourth-order valence-corrected chi connectivity index (χ4v) is 2.68. The molecule has 0 aliphatic heterocycles. The molecule has 0 aromatic rings. The third-order valence-corrected chi connectivity index (χ3v) is 3.75. The number of unbranched alkanes of at least 4 members (excludes halogenated alkanes) is 9. The number of hydrogen-bond acceptors (Lipinski definition) is 0. The van der Waals surface area contributed by atoms with Crippen LogP contribution in [0.5, 0.6) is 0 Å². The summed E-state index contributed by atoms with van der Waals surface area (Å²) in [5.74, 6) is 0.844. The SMILES string of the molecule is C=C(C)CC(C)CCCCCCCCCCCC. The van der Waals surface area contributed by atoms with Crippen LogP contribution in [0, 0.1) is 5.92 Å². The summed E-state index contributed by atoms with van der Waals surface area (Å²) in [6.07, 6.45) is 17.0. The van der Waals surface area contributed by atoms with Gasteiger partial charge in [0, 0.05) is 0 Å². The molecule has 1 atom stereocenters. The molecule has 0 radical (unpaired) electrons. The lowest BCUT2D eigenvalue weighted by Crippen LogP contribution is -1.95. The van der Waals surface area contributed by atoms with Crippen molar-refractivity contribution in [2.45, 2.75) is 97.8 Å². The van der Waals surface area contributed by atoms with E-state index in [9.17, 15) is 0 Å². The molecule has 0 heterocycles. The second-order valence-corrected chi connectivity index (χ2v) is 6.24. The minimum atomic E-state index is 0.844. The molecule has 0 amide bonds. The van der Waals surface area contributed by atoms with Crippen molar-refractivity contribution in [2.75, 3.05) is 0 Å². The highest BCUT2D eigenvalue weighted by molar-refractivity contribution is 4.89. The van der Waals surface area contributed by atoms with E-state index in [1.807, 2.05) is 0 Å². The Labute approximate surface area is 116 Å². The highest BCUT2D eigenvalue weighted by atomic mass is 14.1. The highest BCUT2D eigenvalue weighted by Gasteiger charge is 2.01. The first-order valence-corrected chi connectivity index (χ1v) is 8.31. The highest BCUT2D eigenvalue weighted by Crippen LogP contribution is 2.18. The Morgan fingerprint density at radius 1 is 0.833 bits per heavy atom. The summed E-state index contributed by atoms with van der Waals surface area (Å²) in [6, 6.07) is 0. The molecule has 0 aromatic heterocycles. The van der Waals surface area contributed by atoms with Gasteiger partial charge in [-0.2, -0.15) is 0 Å². The van der Waals surface area contributed by atoms with Gasteiger partial charge in [0.1, 0.15) is 0 Å². The number of allylic oxidation sites excluding steroid dienone is 1. The van der Waals surface area contributed by atoms with E-state index >= 15 is 0 Å². The summed E-state index contributed by atoms with van der Waals surface area (Å²) in [5.41, 5.74) is 1.34. The van der Waals surface area contributed by atoms with Gasteiger partial charge in [0.25, 0.3) is 0 Å². The zero-order valence-corrected chi connectivity index (χ0v) is 13.3. The summed E-state index contributed by atoms with van der Waals surface area (Å²) >= 11 is 0. The summed E-state index contributed by atoms with van der Waals surface area (Å²) < 4.78 is 0. The van der Waals surface area contributed by atoms with Gasteiger partial charge in [0.05, 0.1) is 0 Å². The molecule has 18 heavy (non-hydrogen) atoms. The van der Waals surface area contributed by atoms with Gasteiger partial charge in [-0.15, -0.1) is 6.58 Å². The quantitative estimate of drug-likeness (QED) is 0.247.